The minimum Gasteiger partial charge on any atom is -0.448 e. The number of thiazole rings is 1. The number of carbonyl (C=O) groups excluding carboxylic acids is 2. The summed E-state index contributed by atoms with van der Waals surface area (Å²) in [6.07, 6.45) is -0.848. The van der Waals surface area contributed by atoms with E-state index in [0.29, 0.717) is 10.0 Å². The Morgan fingerprint density at radius 3 is 2.73 bits per heavy atom. The van der Waals surface area contributed by atoms with Gasteiger partial charge in [-0.15, -0.1) is 11.3 Å². The zero-order chi connectivity index (χ0) is 16.3. The molecule has 22 heavy (non-hydrogen) atoms. The number of ether oxygens (including phenoxy) is 1. The second-order valence-corrected chi connectivity index (χ2v) is 6.12. The van der Waals surface area contributed by atoms with E-state index in [1.54, 1.807) is 31.6 Å². The van der Waals surface area contributed by atoms with Crippen molar-refractivity contribution in [1.82, 2.24) is 9.88 Å². The number of aromatic nitrogens is 1. The molecule has 2 aromatic rings. The van der Waals surface area contributed by atoms with E-state index >= 15 is 0 Å². The normalized spacial score (nSPS) is 11.8. The summed E-state index contributed by atoms with van der Waals surface area (Å²) < 4.78 is 5.12. The maximum atomic E-state index is 12.0. The monoisotopic (exact) mass is 338 g/mol. The average Bonchev–Trinajstić information content (AvgIpc) is 2.96. The molecule has 0 spiro atoms. The van der Waals surface area contributed by atoms with E-state index in [1.807, 2.05) is 12.1 Å². The van der Waals surface area contributed by atoms with E-state index in [9.17, 15) is 9.59 Å². The van der Waals surface area contributed by atoms with Gasteiger partial charge in [0, 0.05) is 30.1 Å². The van der Waals surface area contributed by atoms with Crippen LogP contribution in [-0.4, -0.2) is 42.0 Å². The predicted molar refractivity (Wildman–Crippen MR) is 86.1 cm³/mol. The highest BCUT2D eigenvalue weighted by atomic mass is 35.5. The number of esters is 1. The largest absolute Gasteiger partial charge is 0.448 e. The van der Waals surface area contributed by atoms with Gasteiger partial charge in [0.05, 0.1) is 0 Å². The van der Waals surface area contributed by atoms with E-state index in [-0.39, 0.29) is 11.6 Å². The maximum absolute atomic E-state index is 12.0. The van der Waals surface area contributed by atoms with Gasteiger partial charge in [0.2, 0.25) is 0 Å². The van der Waals surface area contributed by atoms with E-state index in [2.05, 4.69) is 4.98 Å². The third-order valence-corrected chi connectivity index (χ3v) is 3.98. The molecule has 1 amide bonds. The van der Waals surface area contributed by atoms with Crippen LogP contribution in [0.2, 0.25) is 5.02 Å². The number of nitrogens with zero attached hydrogens (tertiary/aromatic N) is 2. The molecule has 0 fully saturated rings. The average molecular weight is 339 g/mol. The van der Waals surface area contributed by atoms with Crippen LogP contribution in [0.5, 0.6) is 0 Å². The van der Waals surface area contributed by atoms with Crippen LogP contribution < -0.4 is 0 Å². The molecule has 0 bridgehead atoms. The molecule has 0 N–H and O–H groups in total. The molecule has 1 aromatic carbocycles. The van der Waals surface area contributed by atoms with Crippen LogP contribution in [0.25, 0.3) is 10.6 Å². The second kappa shape index (κ2) is 6.89. The maximum Gasteiger partial charge on any atom is 0.358 e. The highest BCUT2D eigenvalue weighted by Crippen LogP contribution is 2.26. The number of hydrogen-bond acceptors (Lipinski definition) is 5. The van der Waals surface area contributed by atoms with Crippen LogP contribution >= 0.6 is 22.9 Å². The van der Waals surface area contributed by atoms with Gasteiger partial charge in [-0.25, -0.2) is 9.78 Å². The molecule has 0 saturated heterocycles. The van der Waals surface area contributed by atoms with Gasteiger partial charge < -0.3 is 9.64 Å². The lowest BCUT2D eigenvalue weighted by Crippen LogP contribution is -2.34. The Balaban J connectivity index is 2.11. The molecule has 1 atom stereocenters. The van der Waals surface area contributed by atoms with Crippen molar-refractivity contribution in [2.75, 3.05) is 14.1 Å². The molecule has 5 nitrogen and oxygen atoms in total. The summed E-state index contributed by atoms with van der Waals surface area (Å²) in [5.41, 5.74) is 1.01. The number of amides is 1. The minimum atomic E-state index is -0.848. The first-order valence-corrected chi connectivity index (χ1v) is 7.78. The molecule has 7 heteroatoms. The van der Waals surface area contributed by atoms with Crippen LogP contribution in [0.15, 0.2) is 29.6 Å². The van der Waals surface area contributed by atoms with Crippen molar-refractivity contribution in [1.29, 1.82) is 0 Å². The van der Waals surface area contributed by atoms with Crippen molar-refractivity contribution in [2.45, 2.75) is 13.0 Å². The van der Waals surface area contributed by atoms with Gasteiger partial charge in [-0.05, 0) is 19.1 Å². The fourth-order valence-corrected chi connectivity index (χ4v) is 2.73. The smallest absolute Gasteiger partial charge is 0.358 e. The molecule has 116 valence electrons. The molecule has 1 aromatic heterocycles. The lowest BCUT2D eigenvalue weighted by Gasteiger charge is -2.16. The van der Waals surface area contributed by atoms with Crippen molar-refractivity contribution >= 4 is 34.8 Å². The summed E-state index contributed by atoms with van der Waals surface area (Å²) in [6, 6.07) is 7.21. The zero-order valence-corrected chi connectivity index (χ0v) is 13.9. The van der Waals surface area contributed by atoms with Gasteiger partial charge in [0.25, 0.3) is 5.91 Å². The summed E-state index contributed by atoms with van der Waals surface area (Å²) in [6.45, 7) is 1.53. The topological polar surface area (TPSA) is 59.5 Å². The standard InChI is InChI=1S/C15H15ClN2O3S/c1-9(14(19)18(2)3)21-15(20)12-8-22-13(17-12)10-5-4-6-11(16)7-10/h4-9H,1-3H3/t9-/m1/s1. The fraction of sp³-hybridized carbons (Fsp3) is 0.267. The van der Waals surface area contributed by atoms with Crippen LogP contribution in [0.4, 0.5) is 0 Å². The van der Waals surface area contributed by atoms with Crippen LogP contribution in [0.1, 0.15) is 17.4 Å². The number of hydrogen-bond donors (Lipinski definition) is 0. The first-order chi connectivity index (χ1) is 10.4. The lowest BCUT2D eigenvalue weighted by molar-refractivity contribution is -0.137. The molecular weight excluding hydrogens is 324 g/mol. The Kier molecular flexibility index (Phi) is 5.15. The highest BCUT2D eigenvalue weighted by Gasteiger charge is 2.22. The number of halogens is 1. The molecule has 0 saturated carbocycles. The molecule has 0 radical (unpaired) electrons. The number of carbonyl (C=O) groups is 2. The third-order valence-electron chi connectivity index (χ3n) is 2.86. The predicted octanol–water partition coefficient (Wildman–Crippen LogP) is 3.10. The summed E-state index contributed by atoms with van der Waals surface area (Å²) in [4.78, 5) is 29.3. The Morgan fingerprint density at radius 2 is 2.09 bits per heavy atom. The van der Waals surface area contributed by atoms with Gasteiger partial charge in [-0.3, -0.25) is 4.79 Å². The van der Waals surface area contributed by atoms with Crippen LogP contribution in [0, 0.1) is 0 Å². The second-order valence-electron chi connectivity index (χ2n) is 4.83. The molecule has 0 aliphatic rings. The van der Waals surface area contributed by atoms with Crippen molar-refractivity contribution in [2.24, 2.45) is 0 Å². The van der Waals surface area contributed by atoms with Crippen LogP contribution in [-0.2, 0) is 9.53 Å². The minimum absolute atomic E-state index is 0.179. The summed E-state index contributed by atoms with van der Waals surface area (Å²) >= 11 is 7.26. The first-order valence-electron chi connectivity index (χ1n) is 6.52. The van der Waals surface area contributed by atoms with Gasteiger partial charge in [-0.2, -0.15) is 0 Å². The Morgan fingerprint density at radius 1 is 1.36 bits per heavy atom. The highest BCUT2D eigenvalue weighted by molar-refractivity contribution is 7.13. The van der Waals surface area contributed by atoms with Crippen molar-refractivity contribution in [3.63, 3.8) is 0 Å². The number of likely N-dealkylation sites (N-methyl/N-ethyl adjacent to an activating group) is 1. The molecule has 0 aliphatic heterocycles. The molecule has 1 heterocycles. The van der Waals surface area contributed by atoms with Gasteiger partial charge in [0.1, 0.15) is 5.01 Å². The zero-order valence-electron chi connectivity index (χ0n) is 12.4. The van der Waals surface area contributed by atoms with Crippen molar-refractivity contribution in [3.8, 4) is 10.6 Å². The van der Waals surface area contributed by atoms with E-state index < -0.39 is 12.1 Å². The quantitative estimate of drug-likeness (QED) is 0.804. The Bertz CT molecular complexity index is 700. The van der Waals surface area contributed by atoms with Crippen molar-refractivity contribution in [3.05, 3.63) is 40.4 Å². The number of benzene rings is 1. The summed E-state index contributed by atoms with van der Waals surface area (Å²) in [7, 11) is 3.21. The molecule has 0 unspecified atom stereocenters. The van der Waals surface area contributed by atoms with E-state index in [0.717, 1.165) is 5.56 Å². The van der Waals surface area contributed by atoms with Gasteiger partial charge in [0.15, 0.2) is 11.8 Å². The van der Waals surface area contributed by atoms with E-state index in [1.165, 1.54) is 23.2 Å². The van der Waals surface area contributed by atoms with Crippen molar-refractivity contribution < 1.29 is 14.3 Å². The Hall–Kier alpha value is -1.92. The third kappa shape index (κ3) is 3.84. The SMILES string of the molecule is C[C@@H](OC(=O)c1csc(-c2cccc(Cl)c2)n1)C(=O)N(C)C. The summed E-state index contributed by atoms with van der Waals surface area (Å²) in [5, 5.41) is 2.87. The molecular formula is C15H15ClN2O3S. The van der Waals surface area contributed by atoms with Crippen LogP contribution in [0.3, 0.4) is 0 Å². The molecule has 0 aliphatic carbocycles. The van der Waals surface area contributed by atoms with E-state index in [4.69, 9.17) is 16.3 Å². The Labute approximate surface area is 137 Å². The lowest BCUT2D eigenvalue weighted by atomic mass is 10.2. The van der Waals surface area contributed by atoms with Gasteiger partial charge in [-0.1, -0.05) is 23.7 Å². The fourth-order valence-electron chi connectivity index (χ4n) is 1.76. The first kappa shape index (κ1) is 16.5. The number of rotatable bonds is 4. The summed E-state index contributed by atoms with van der Waals surface area (Å²) in [5.74, 6) is -0.897. The molecule has 2 rings (SSSR count). The van der Waals surface area contributed by atoms with Gasteiger partial charge >= 0.3 is 5.97 Å².